The van der Waals surface area contributed by atoms with Crippen LogP contribution in [0.1, 0.15) is 56.7 Å². The molecule has 0 N–H and O–H groups in total. The van der Waals surface area contributed by atoms with Gasteiger partial charge in [-0.25, -0.2) is 0 Å². The van der Waals surface area contributed by atoms with Gasteiger partial charge in [-0.3, -0.25) is 0 Å². The molecule has 0 fully saturated rings. The fourth-order valence-corrected chi connectivity index (χ4v) is 3.55. The molecule has 0 heterocycles. The van der Waals surface area contributed by atoms with Gasteiger partial charge in [0.15, 0.2) is 0 Å². The summed E-state index contributed by atoms with van der Waals surface area (Å²) in [5.74, 6) is 0. The fourth-order valence-electron chi connectivity index (χ4n) is 3.55. The van der Waals surface area contributed by atoms with Gasteiger partial charge in [0.05, 0.1) is 0 Å². The van der Waals surface area contributed by atoms with Crippen molar-refractivity contribution >= 4 is 5.57 Å². The molecule has 0 aromatic heterocycles. The molecule has 0 saturated carbocycles. The van der Waals surface area contributed by atoms with Crippen molar-refractivity contribution in [2.24, 2.45) is 0 Å². The average molecular weight is 316 g/mol. The minimum atomic E-state index is 0.0374. The lowest BCUT2D eigenvalue weighted by molar-refractivity contribution is 0.664. The Morgan fingerprint density at radius 2 is 1.79 bits per heavy atom. The second-order valence-electron chi connectivity index (χ2n) is 7.56. The Morgan fingerprint density at radius 3 is 2.54 bits per heavy atom. The molecule has 0 nitrogen and oxygen atoms in total. The van der Waals surface area contributed by atoms with Gasteiger partial charge in [0.2, 0.25) is 0 Å². The zero-order chi connectivity index (χ0) is 17.2. The number of hydrogen-bond donors (Lipinski definition) is 0. The van der Waals surface area contributed by atoms with E-state index in [-0.39, 0.29) is 5.41 Å². The van der Waals surface area contributed by atoms with Crippen LogP contribution in [0.3, 0.4) is 0 Å². The summed E-state index contributed by atoms with van der Waals surface area (Å²) < 4.78 is 0. The molecule has 1 aromatic carbocycles. The number of rotatable bonds is 1. The molecular formula is C24H28. The molecule has 124 valence electrons. The quantitative estimate of drug-likeness (QED) is 0.498. The van der Waals surface area contributed by atoms with Gasteiger partial charge in [0, 0.05) is 5.41 Å². The zero-order valence-electron chi connectivity index (χ0n) is 15.4. The molecule has 2 aliphatic rings. The third kappa shape index (κ3) is 3.53. The SMILES string of the molecule is C/C1=C\C=C(\C2=CCCC=C2)CC=CC(C)(C)c2cc(C)ccc21. The second kappa shape index (κ2) is 6.81. The molecule has 0 bridgehead atoms. The molecule has 2 aliphatic carbocycles. The van der Waals surface area contributed by atoms with E-state index < -0.39 is 0 Å². The minimum Gasteiger partial charge on any atom is -0.0836 e. The van der Waals surface area contributed by atoms with Gasteiger partial charge in [-0.1, -0.05) is 80.1 Å². The lowest BCUT2D eigenvalue weighted by Gasteiger charge is -2.26. The van der Waals surface area contributed by atoms with Crippen molar-refractivity contribution in [3.63, 3.8) is 0 Å². The standard InChI is InChI=1S/C24H28/c1-18-12-15-22-19(2)13-14-21(20-9-6-5-7-10-20)11-8-16-24(3,4)23(22)17-18/h6,8-10,12-17H,5,7,11H2,1-4H3/b16-8?,19-13+,21-14+. The largest absolute Gasteiger partial charge is 0.0836 e. The number of fused-ring (bicyclic) bond motifs is 1. The van der Waals surface area contributed by atoms with Gasteiger partial charge in [-0.2, -0.15) is 0 Å². The number of allylic oxidation sites excluding steroid dienone is 10. The molecule has 0 atom stereocenters. The monoisotopic (exact) mass is 316 g/mol. The van der Waals surface area contributed by atoms with E-state index in [4.69, 9.17) is 0 Å². The molecule has 24 heavy (non-hydrogen) atoms. The number of hydrogen-bond acceptors (Lipinski definition) is 0. The summed E-state index contributed by atoms with van der Waals surface area (Å²) in [7, 11) is 0. The molecule has 0 aliphatic heterocycles. The topological polar surface area (TPSA) is 0 Å². The fraction of sp³-hybridized carbons (Fsp3) is 0.333. The van der Waals surface area contributed by atoms with Gasteiger partial charge in [-0.05, 0) is 61.0 Å². The minimum absolute atomic E-state index is 0.0374. The van der Waals surface area contributed by atoms with Gasteiger partial charge in [0.25, 0.3) is 0 Å². The summed E-state index contributed by atoms with van der Waals surface area (Å²) >= 11 is 0. The first-order chi connectivity index (χ1) is 11.5. The van der Waals surface area contributed by atoms with Gasteiger partial charge >= 0.3 is 0 Å². The summed E-state index contributed by atoms with van der Waals surface area (Å²) in [6.45, 7) is 9.05. The Kier molecular flexibility index (Phi) is 4.76. The summed E-state index contributed by atoms with van der Waals surface area (Å²) in [5.41, 5.74) is 8.28. The molecule has 3 rings (SSSR count). The molecule has 0 spiro atoms. The predicted molar refractivity (Wildman–Crippen MR) is 106 cm³/mol. The Bertz CT molecular complexity index is 776. The Labute approximate surface area is 147 Å². The van der Waals surface area contributed by atoms with Crippen LogP contribution in [-0.4, -0.2) is 0 Å². The third-order valence-corrected chi connectivity index (χ3v) is 5.07. The van der Waals surface area contributed by atoms with Crippen molar-refractivity contribution in [1.82, 2.24) is 0 Å². The van der Waals surface area contributed by atoms with Gasteiger partial charge in [0.1, 0.15) is 0 Å². The van der Waals surface area contributed by atoms with Crippen molar-refractivity contribution in [2.45, 2.75) is 52.4 Å². The lowest BCUT2D eigenvalue weighted by atomic mass is 9.78. The summed E-state index contributed by atoms with van der Waals surface area (Å²) in [6.07, 6.45) is 19.6. The second-order valence-corrected chi connectivity index (χ2v) is 7.56. The van der Waals surface area contributed by atoms with Crippen molar-refractivity contribution in [2.75, 3.05) is 0 Å². The maximum absolute atomic E-state index is 2.38. The maximum Gasteiger partial charge on any atom is 0.00815 e. The smallest absolute Gasteiger partial charge is 0.00815 e. The summed E-state index contributed by atoms with van der Waals surface area (Å²) in [6, 6.07) is 6.84. The van der Waals surface area contributed by atoms with Crippen molar-refractivity contribution in [3.8, 4) is 0 Å². The Hall–Kier alpha value is -2.08. The molecule has 0 heteroatoms. The van der Waals surface area contributed by atoms with Crippen LogP contribution in [0.4, 0.5) is 0 Å². The first-order valence-corrected chi connectivity index (χ1v) is 9.01. The molecule has 0 radical (unpaired) electrons. The number of benzene rings is 1. The highest BCUT2D eigenvalue weighted by Gasteiger charge is 2.21. The van der Waals surface area contributed by atoms with Crippen LogP contribution >= 0.6 is 0 Å². The van der Waals surface area contributed by atoms with Crippen LogP contribution in [0.5, 0.6) is 0 Å². The molecule has 1 aromatic rings. The number of aryl methyl sites for hydroxylation is 1. The van der Waals surface area contributed by atoms with E-state index in [2.05, 4.69) is 88.4 Å². The van der Waals surface area contributed by atoms with Gasteiger partial charge in [-0.15, -0.1) is 0 Å². The zero-order valence-corrected chi connectivity index (χ0v) is 15.4. The Balaban J connectivity index is 2.11. The highest BCUT2D eigenvalue weighted by Crippen LogP contribution is 2.34. The highest BCUT2D eigenvalue weighted by molar-refractivity contribution is 5.70. The van der Waals surface area contributed by atoms with Crippen molar-refractivity contribution in [3.05, 3.63) is 88.6 Å². The van der Waals surface area contributed by atoms with E-state index in [9.17, 15) is 0 Å². The van der Waals surface area contributed by atoms with E-state index in [1.807, 2.05) is 0 Å². The molecule has 0 saturated heterocycles. The molecular weight excluding hydrogens is 288 g/mol. The van der Waals surface area contributed by atoms with Crippen LogP contribution < -0.4 is 0 Å². The normalized spacial score (nSPS) is 24.2. The van der Waals surface area contributed by atoms with E-state index in [0.29, 0.717) is 0 Å². The maximum atomic E-state index is 2.38. The van der Waals surface area contributed by atoms with E-state index >= 15 is 0 Å². The molecule has 0 amide bonds. The van der Waals surface area contributed by atoms with Gasteiger partial charge < -0.3 is 0 Å². The van der Waals surface area contributed by atoms with Crippen molar-refractivity contribution in [1.29, 1.82) is 0 Å². The summed E-state index contributed by atoms with van der Waals surface area (Å²) in [4.78, 5) is 0. The summed E-state index contributed by atoms with van der Waals surface area (Å²) in [5, 5.41) is 0. The third-order valence-electron chi connectivity index (χ3n) is 5.07. The van der Waals surface area contributed by atoms with E-state index in [0.717, 1.165) is 12.8 Å². The van der Waals surface area contributed by atoms with Crippen LogP contribution in [0.2, 0.25) is 0 Å². The van der Waals surface area contributed by atoms with Crippen LogP contribution in [0.25, 0.3) is 5.57 Å². The Morgan fingerprint density at radius 1 is 0.958 bits per heavy atom. The van der Waals surface area contributed by atoms with Crippen LogP contribution in [-0.2, 0) is 5.41 Å². The van der Waals surface area contributed by atoms with Crippen LogP contribution in [0.15, 0.2) is 71.9 Å². The first-order valence-electron chi connectivity index (χ1n) is 9.01. The van der Waals surface area contributed by atoms with E-state index in [1.54, 1.807) is 0 Å². The highest BCUT2D eigenvalue weighted by atomic mass is 14.3. The predicted octanol–water partition coefficient (Wildman–Crippen LogP) is 6.84. The van der Waals surface area contributed by atoms with Crippen molar-refractivity contribution < 1.29 is 0 Å². The van der Waals surface area contributed by atoms with Crippen LogP contribution in [0, 0.1) is 6.92 Å². The first kappa shape index (κ1) is 16.8. The molecule has 0 unspecified atom stereocenters. The average Bonchev–Trinajstić information content (AvgIpc) is 2.57. The van der Waals surface area contributed by atoms with E-state index in [1.165, 1.54) is 39.8 Å². The lowest BCUT2D eigenvalue weighted by Crippen LogP contribution is -2.16.